The number of likely N-dealkylation sites (tertiary alicyclic amines) is 1. The van der Waals surface area contributed by atoms with Crippen LogP contribution in [-0.2, 0) is 9.59 Å². The van der Waals surface area contributed by atoms with E-state index in [0.717, 1.165) is 51.5 Å². The van der Waals surface area contributed by atoms with Crippen LogP contribution in [0.5, 0.6) is 0 Å². The van der Waals surface area contributed by atoms with Gasteiger partial charge in [-0.05, 0) is 45.2 Å². The van der Waals surface area contributed by atoms with Crippen molar-refractivity contribution in [2.75, 3.05) is 19.6 Å². The van der Waals surface area contributed by atoms with E-state index >= 15 is 0 Å². The van der Waals surface area contributed by atoms with Gasteiger partial charge in [-0.25, -0.2) is 4.79 Å². The molecule has 0 aromatic rings. The van der Waals surface area contributed by atoms with Crippen molar-refractivity contribution >= 4 is 11.9 Å². The van der Waals surface area contributed by atoms with Crippen LogP contribution in [-0.4, -0.2) is 53.6 Å². The molecular weight excluding hydrogens is 282 g/mol. The highest BCUT2D eigenvalue weighted by molar-refractivity contribution is 5.87. The third-order valence-electron chi connectivity index (χ3n) is 4.24. The van der Waals surface area contributed by atoms with Crippen molar-refractivity contribution in [3.63, 3.8) is 0 Å². The lowest BCUT2D eigenvalue weighted by molar-refractivity contribution is -0.149. The van der Waals surface area contributed by atoms with Gasteiger partial charge in [0, 0.05) is 6.54 Å². The number of hydrogen-bond donors (Lipinski definition) is 3. The highest BCUT2D eigenvalue weighted by atomic mass is 16.4. The van der Waals surface area contributed by atoms with Crippen LogP contribution in [0.4, 0.5) is 0 Å². The second-order valence-electron chi connectivity index (χ2n) is 6.03. The van der Waals surface area contributed by atoms with Gasteiger partial charge in [-0.3, -0.25) is 4.79 Å². The Balaban J connectivity index is 2.58. The zero-order valence-corrected chi connectivity index (χ0v) is 13.7. The Morgan fingerprint density at radius 2 is 2.09 bits per heavy atom. The topological polar surface area (TPSA) is 95.7 Å². The first-order chi connectivity index (χ1) is 10.6. The number of carboxylic acids is 1. The Bertz CT molecular complexity index is 350. The molecule has 1 aliphatic heterocycles. The average Bonchev–Trinajstić information content (AvgIpc) is 2.99. The summed E-state index contributed by atoms with van der Waals surface area (Å²) in [6.45, 7) is 4.13. The van der Waals surface area contributed by atoms with E-state index in [2.05, 4.69) is 12.2 Å². The van der Waals surface area contributed by atoms with Crippen LogP contribution in [0.15, 0.2) is 0 Å². The summed E-state index contributed by atoms with van der Waals surface area (Å²) < 4.78 is 0. The number of carbonyl (C=O) groups excluding carboxylic acids is 1. The number of hydrogen-bond acceptors (Lipinski definition) is 4. The van der Waals surface area contributed by atoms with Crippen LogP contribution in [0, 0.1) is 0 Å². The Labute approximate surface area is 133 Å². The van der Waals surface area contributed by atoms with Crippen molar-refractivity contribution in [1.82, 2.24) is 10.2 Å². The number of aliphatic carboxylic acids is 1. The normalized spacial score (nSPS) is 19.4. The molecule has 0 saturated carbocycles. The molecule has 1 heterocycles. The summed E-state index contributed by atoms with van der Waals surface area (Å²) in [5, 5.41) is 12.6. The van der Waals surface area contributed by atoms with Crippen molar-refractivity contribution in [2.24, 2.45) is 5.73 Å². The minimum absolute atomic E-state index is 0.0570. The first kappa shape index (κ1) is 18.9. The fraction of sp³-hybridized carbons (Fsp3) is 0.875. The number of rotatable bonds is 11. The molecule has 0 aliphatic carbocycles. The highest BCUT2D eigenvalue weighted by Crippen LogP contribution is 2.19. The summed E-state index contributed by atoms with van der Waals surface area (Å²) in [5.74, 6) is -0.948. The molecule has 2 atom stereocenters. The van der Waals surface area contributed by atoms with E-state index in [9.17, 15) is 14.7 Å². The second-order valence-corrected chi connectivity index (χ2v) is 6.03. The van der Waals surface area contributed by atoms with E-state index in [1.165, 1.54) is 0 Å². The Morgan fingerprint density at radius 1 is 1.32 bits per heavy atom. The fourth-order valence-corrected chi connectivity index (χ4v) is 2.94. The maximum atomic E-state index is 12.7. The third-order valence-corrected chi connectivity index (χ3v) is 4.24. The number of nitrogens with zero attached hydrogens (tertiary/aromatic N) is 1. The predicted octanol–water partition coefficient (Wildman–Crippen LogP) is 1.34. The van der Waals surface area contributed by atoms with Gasteiger partial charge in [-0.15, -0.1) is 0 Å². The zero-order valence-electron chi connectivity index (χ0n) is 13.7. The summed E-state index contributed by atoms with van der Waals surface area (Å²) in [4.78, 5) is 25.5. The lowest BCUT2D eigenvalue weighted by Gasteiger charge is -2.27. The van der Waals surface area contributed by atoms with Crippen molar-refractivity contribution in [3.8, 4) is 0 Å². The molecule has 0 unspecified atom stereocenters. The number of nitrogens with one attached hydrogen (secondary N) is 1. The largest absolute Gasteiger partial charge is 0.480 e. The number of carbonyl (C=O) groups is 2. The second kappa shape index (κ2) is 10.6. The maximum Gasteiger partial charge on any atom is 0.326 e. The standard InChI is InChI=1S/C16H31N3O3/c1-2-3-6-11-18-13(8-4-5-10-17)15(20)19-12-7-9-14(19)16(21)22/h13-14,18H,2-12,17H2,1H3,(H,21,22)/t13-,14-/m0/s1. The van der Waals surface area contributed by atoms with Crippen molar-refractivity contribution in [1.29, 1.82) is 0 Å². The van der Waals surface area contributed by atoms with Crippen molar-refractivity contribution in [2.45, 2.75) is 70.4 Å². The van der Waals surface area contributed by atoms with Gasteiger partial charge < -0.3 is 21.1 Å². The molecule has 1 aliphatic rings. The first-order valence-electron chi connectivity index (χ1n) is 8.58. The van der Waals surface area contributed by atoms with Gasteiger partial charge in [-0.2, -0.15) is 0 Å². The monoisotopic (exact) mass is 313 g/mol. The lowest BCUT2D eigenvalue weighted by Crippen LogP contribution is -2.50. The molecule has 6 heteroatoms. The SMILES string of the molecule is CCCCCN[C@@H](CCCCN)C(=O)N1CCC[C@H]1C(=O)O. The van der Waals surface area contributed by atoms with E-state index in [-0.39, 0.29) is 11.9 Å². The first-order valence-corrected chi connectivity index (χ1v) is 8.58. The molecule has 4 N–H and O–H groups in total. The Kier molecular flexibility index (Phi) is 9.08. The summed E-state index contributed by atoms with van der Waals surface area (Å²) in [6.07, 6.45) is 7.16. The molecule has 0 aromatic heterocycles. The zero-order chi connectivity index (χ0) is 16.4. The molecule has 128 valence electrons. The van der Waals surface area contributed by atoms with Crippen molar-refractivity contribution < 1.29 is 14.7 Å². The molecule has 0 bridgehead atoms. The van der Waals surface area contributed by atoms with Crippen LogP contribution in [0.1, 0.15) is 58.3 Å². The van der Waals surface area contributed by atoms with Crippen LogP contribution >= 0.6 is 0 Å². The number of amides is 1. The summed E-state index contributed by atoms with van der Waals surface area (Å²) in [7, 11) is 0. The third kappa shape index (κ3) is 5.93. The predicted molar refractivity (Wildman–Crippen MR) is 86.6 cm³/mol. The Morgan fingerprint density at radius 3 is 2.73 bits per heavy atom. The molecule has 22 heavy (non-hydrogen) atoms. The lowest BCUT2D eigenvalue weighted by atomic mass is 10.1. The fourth-order valence-electron chi connectivity index (χ4n) is 2.94. The number of carboxylic acid groups (broad SMARTS) is 1. The Hall–Kier alpha value is -1.14. The van der Waals surface area contributed by atoms with Gasteiger partial charge in [0.1, 0.15) is 6.04 Å². The molecular formula is C16H31N3O3. The van der Waals surface area contributed by atoms with Crippen LogP contribution in [0.25, 0.3) is 0 Å². The molecule has 1 fully saturated rings. The van der Waals surface area contributed by atoms with Gasteiger partial charge in [0.05, 0.1) is 6.04 Å². The summed E-state index contributed by atoms with van der Waals surface area (Å²) >= 11 is 0. The maximum absolute atomic E-state index is 12.7. The van der Waals surface area contributed by atoms with E-state index in [1.54, 1.807) is 4.90 Å². The van der Waals surface area contributed by atoms with Gasteiger partial charge in [-0.1, -0.05) is 26.2 Å². The van der Waals surface area contributed by atoms with Gasteiger partial charge in [0.15, 0.2) is 0 Å². The minimum Gasteiger partial charge on any atom is -0.480 e. The molecule has 0 spiro atoms. The van der Waals surface area contributed by atoms with E-state index < -0.39 is 12.0 Å². The van der Waals surface area contributed by atoms with Crippen LogP contribution < -0.4 is 11.1 Å². The van der Waals surface area contributed by atoms with Gasteiger partial charge in [0.25, 0.3) is 0 Å². The molecule has 1 amide bonds. The molecule has 1 rings (SSSR count). The van der Waals surface area contributed by atoms with Crippen molar-refractivity contribution in [3.05, 3.63) is 0 Å². The van der Waals surface area contributed by atoms with Crippen LogP contribution in [0.3, 0.4) is 0 Å². The van der Waals surface area contributed by atoms with E-state index in [4.69, 9.17) is 5.73 Å². The number of unbranched alkanes of at least 4 members (excludes halogenated alkanes) is 3. The number of nitrogens with two attached hydrogens (primary N) is 1. The van der Waals surface area contributed by atoms with E-state index in [1.807, 2.05) is 0 Å². The molecule has 1 saturated heterocycles. The summed E-state index contributed by atoms with van der Waals surface area (Å²) in [6, 6.07) is -0.926. The smallest absolute Gasteiger partial charge is 0.326 e. The average molecular weight is 313 g/mol. The van der Waals surface area contributed by atoms with Gasteiger partial charge in [0.2, 0.25) is 5.91 Å². The molecule has 6 nitrogen and oxygen atoms in total. The minimum atomic E-state index is -0.891. The van der Waals surface area contributed by atoms with Gasteiger partial charge >= 0.3 is 5.97 Å². The molecule has 0 aromatic carbocycles. The summed E-state index contributed by atoms with van der Waals surface area (Å²) in [5.41, 5.74) is 5.52. The molecule has 0 radical (unpaired) electrons. The quantitative estimate of drug-likeness (QED) is 0.500. The van der Waals surface area contributed by atoms with E-state index in [0.29, 0.717) is 19.5 Å². The highest BCUT2D eigenvalue weighted by Gasteiger charge is 2.36. The van der Waals surface area contributed by atoms with Crippen LogP contribution in [0.2, 0.25) is 0 Å².